The van der Waals surface area contributed by atoms with E-state index < -0.39 is 0 Å². The Morgan fingerprint density at radius 3 is 2.78 bits per heavy atom. The maximum absolute atomic E-state index is 4.71. The van der Waals surface area contributed by atoms with Gasteiger partial charge >= 0.3 is 0 Å². The summed E-state index contributed by atoms with van der Waals surface area (Å²) < 4.78 is 0. The van der Waals surface area contributed by atoms with E-state index in [1.54, 1.807) is 6.21 Å². The van der Waals surface area contributed by atoms with Gasteiger partial charge in [0.25, 0.3) is 0 Å². The molecule has 0 bridgehead atoms. The van der Waals surface area contributed by atoms with E-state index in [9.17, 15) is 0 Å². The second kappa shape index (κ2) is 8.39. The number of hydrogen-bond acceptors (Lipinski definition) is 6. The molecule has 32 heavy (non-hydrogen) atoms. The highest BCUT2D eigenvalue weighted by molar-refractivity contribution is 6.11. The lowest BCUT2D eigenvalue weighted by Crippen LogP contribution is -2.44. The third kappa shape index (κ3) is 3.58. The van der Waals surface area contributed by atoms with Crippen molar-refractivity contribution in [3.63, 3.8) is 0 Å². The Balaban J connectivity index is 1.57. The van der Waals surface area contributed by atoms with Gasteiger partial charge in [-0.3, -0.25) is 10.1 Å². The third-order valence-electron chi connectivity index (χ3n) is 5.97. The molecule has 1 aliphatic heterocycles. The van der Waals surface area contributed by atoms with Crippen LogP contribution in [0.3, 0.4) is 0 Å². The molecule has 4 aromatic heterocycles. The lowest BCUT2D eigenvalue weighted by Gasteiger charge is -2.33. The molecule has 162 valence electrons. The topological polar surface area (TPSA) is 89.1 Å². The zero-order valence-electron chi connectivity index (χ0n) is 18.3. The first-order valence-electron chi connectivity index (χ1n) is 10.7. The van der Waals surface area contributed by atoms with Crippen molar-refractivity contribution in [2.24, 2.45) is 4.99 Å². The quantitative estimate of drug-likeness (QED) is 0.473. The van der Waals surface area contributed by atoms with Gasteiger partial charge in [0.15, 0.2) is 5.65 Å². The molecule has 0 aliphatic carbocycles. The lowest BCUT2D eigenvalue weighted by molar-refractivity contribution is 0.312. The summed E-state index contributed by atoms with van der Waals surface area (Å²) in [6.07, 6.45) is 9.00. The Labute approximate surface area is 186 Å². The molecule has 0 spiro atoms. The maximum atomic E-state index is 4.71. The number of likely N-dealkylation sites (N-methyl/N-ethyl adjacent to an activating group) is 1. The van der Waals surface area contributed by atoms with Crippen LogP contribution in [-0.2, 0) is 0 Å². The Kier molecular flexibility index (Phi) is 5.28. The van der Waals surface area contributed by atoms with Crippen LogP contribution in [0.5, 0.6) is 0 Å². The molecule has 0 radical (unpaired) electrons. The van der Waals surface area contributed by atoms with Gasteiger partial charge in [0.1, 0.15) is 5.82 Å². The van der Waals surface area contributed by atoms with Crippen LogP contribution in [-0.4, -0.2) is 69.5 Å². The normalized spacial score (nSPS) is 15.9. The predicted octanol–water partition coefficient (Wildman–Crippen LogP) is 3.87. The number of anilines is 1. The van der Waals surface area contributed by atoms with Crippen molar-refractivity contribution >= 4 is 39.5 Å². The van der Waals surface area contributed by atoms with Crippen LogP contribution in [0.15, 0.2) is 54.4 Å². The summed E-state index contributed by atoms with van der Waals surface area (Å²) in [6, 6.07) is 6.27. The Hall–Kier alpha value is -3.78. The van der Waals surface area contributed by atoms with Gasteiger partial charge in [0, 0.05) is 67.3 Å². The fourth-order valence-corrected chi connectivity index (χ4v) is 4.16. The van der Waals surface area contributed by atoms with Crippen molar-refractivity contribution in [2.45, 2.75) is 6.92 Å². The molecule has 1 aliphatic rings. The number of rotatable bonds is 5. The van der Waals surface area contributed by atoms with Gasteiger partial charge < -0.3 is 14.8 Å². The molecular weight excluding hydrogens is 400 g/mol. The number of aromatic nitrogens is 5. The van der Waals surface area contributed by atoms with Crippen LogP contribution in [0, 0.1) is 0 Å². The van der Waals surface area contributed by atoms with Gasteiger partial charge in [0.2, 0.25) is 0 Å². The van der Waals surface area contributed by atoms with Gasteiger partial charge in [-0.15, -0.1) is 0 Å². The first kappa shape index (κ1) is 20.1. The molecule has 0 unspecified atom stereocenters. The fourth-order valence-electron chi connectivity index (χ4n) is 4.16. The van der Waals surface area contributed by atoms with E-state index in [4.69, 9.17) is 4.98 Å². The number of aromatic amines is 2. The molecule has 0 atom stereocenters. The second-order valence-electron chi connectivity index (χ2n) is 7.97. The highest BCUT2D eigenvalue weighted by Gasteiger charge is 2.20. The zero-order chi connectivity index (χ0) is 22.1. The Bertz CT molecular complexity index is 1330. The molecule has 0 aromatic carbocycles. The second-order valence-corrected chi connectivity index (χ2v) is 7.97. The number of aliphatic imine (C=N–C) groups is 1. The fraction of sp³-hybridized carbons (Fsp3) is 0.250. The number of H-pyrrole nitrogens is 2. The molecule has 1 saturated heterocycles. The number of nitrogens with zero attached hydrogens (tertiary/aromatic N) is 6. The summed E-state index contributed by atoms with van der Waals surface area (Å²) >= 11 is 0. The van der Waals surface area contributed by atoms with E-state index in [1.165, 1.54) is 6.20 Å². The van der Waals surface area contributed by atoms with E-state index in [0.717, 1.165) is 70.8 Å². The smallest absolute Gasteiger partial charge is 0.181 e. The summed E-state index contributed by atoms with van der Waals surface area (Å²) in [5.41, 5.74) is 5.56. The van der Waals surface area contributed by atoms with Crippen molar-refractivity contribution in [3.05, 3.63) is 55.0 Å². The van der Waals surface area contributed by atoms with Crippen molar-refractivity contribution < 1.29 is 0 Å². The molecule has 4 aromatic rings. The minimum Gasteiger partial charge on any atom is -0.353 e. The first-order valence-corrected chi connectivity index (χ1v) is 10.7. The lowest BCUT2D eigenvalue weighted by atomic mass is 10.1. The van der Waals surface area contributed by atoms with Crippen LogP contribution >= 0.6 is 0 Å². The molecular formula is C24H26N8. The zero-order valence-corrected chi connectivity index (χ0v) is 18.3. The Morgan fingerprint density at radius 1 is 1.16 bits per heavy atom. The summed E-state index contributed by atoms with van der Waals surface area (Å²) in [7, 11) is 2.16. The van der Waals surface area contributed by atoms with E-state index in [2.05, 4.69) is 60.7 Å². The number of pyridine rings is 2. The van der Waals surface area contributed by atoms with E-state index in [1.807, 2.05) is 31.5 Å². The minimum atomic E-state index is 0.677. The highest BCUT2D eigenvalue weighted by Crippen LogP contribution is 2.33. The van der Waals surface area contributed by atoms with Gasteiger partial charge in [-0.2, -0.15) is 5.10 Å². The van der Waals surface area contributed by atoms with E-state index >= 15 is 0 Å². The van der Waals surface area contributed by atoms with E-state index in [-0.39, 0.29) is 0 Å². The Morgan fingerprint density at radius 2 is 2.00 bits per heavy atom. The van der Waals surface area contributed by atoms with Gasteiger partial charge in [-0.25, -0.2) is 9.97 Å². The number of hydrogen-bond donors (Lipinski definition) is 2. The van der Waals surface area contributed by atoms with Crippen LogP contribution in [0.4, 0.5) is 5.82 Å². The summed E-state index contributed by atoms with van der Waals surface area (Å²) in [4.78, 5) is 21.7. The predicted molar refractivity (Wildman–Crippen MR) is 131 cm³/mol. The number of nitrogens with one attached hydrogen (secondary N) is 2. The molecule has 8 heteroatoms. The highest BCUT2D eigenvalue weighted by atomic mass is 15.3. The van der Waals surface area contributed by atoms with Gasteiger partial charge in [0.05, 0.1) is 16.9 Å². The maximum Gasteiger partial charge on any atom is 0.181 e. The summed E-state index contributed by atoms with van der Waals surface area (Å²) in [6.45, 7) is 9.66. The van der Waals surface area contributed by atoms with Crippen molar-refractivity contribution in [1.82, 2.24) is 30.0 Å². The monoisotopic (exact) mass is 426 g/mol. The molecule has 5 heterocycles. The largest absolute Gasteiger partial charge is 0.353 e. The summed E-state index contributed by atoms with van der Waals surface area (Å²) in [5, 5.41) is 9.66. The van der Waals surface area contributed by atoms with Crippen LogP contribution in [0.1, 0.15) is 12.5 Å². The molecule has 0 amide bonds. The number of piperazine rings is 1. The van der Waals surface area contributed by atoms with Crippen molar-refractivity contribution in [2.75, 3.05) is 38.1 Å². The first-order chi connectivity index (χ1) is 15.7. The molecule has 8 nitrogen and oxygen atoms in total. The SMILES string of the molecule is C=CN=C/C(=C\C)c1cnc2n[nH]c(-c3cc4c(N5CCN(C)CC5)nccc4[nH]3)c2c1. The summed E-state index contributed by atoms with van der Waals surface area (Å²) in [5.74, 6) is 1.03. The van der Waals surface area contributed by atoms with Crippen molar-refractivity contribution in [1.29, 1.82) is 0 Å². The van der Waals surface area contributed by atoms with Crippen molar-refractivity contribution in [3.8, 4) is 11.4 Å². The molecule has 2 N–H and O–H groups in total. The van der Waals surface area contributed by atoms with Crippen LogP contribution in [0.25, 0.3) is 38.9 Å². The molecule has 0 saturated carbocycles. The average molecular weight is 427 g/mol. The van der Waals surface area contributed by atoms with E-state index in [0.29, 0.717) is 5.65 Å². The molecule has 5 rings (SSSR count). The van der Waals surface area contributed by atoms with Crippen LogP contribution in [0.2, 0.25) is 0 Å². The minimum absolute atomic E-state index is 0.677. The van der Waals surface area contributed by atoms with Crippen LogP contribution < -0.4 is 4.90 Å². The van der Waals surface area contributed by atoms with Gasteiger partial charge in [-0.05, 0) is 37.7 Å². The number of allylic oxidation sites excluding steroid dienone is 2. The molecule has 1 fully saturated rings. The number of fused-ring (bicyclic) bond motifs is 2. The average Bonchev–Trinajstić information content (AvgIpc) is 3.43. The van der Waals surface area contributed by atoms with Gasteiger partial charge in [-0.1, -0.05) is 12.7 Å². The standard InChI is InChI=1S/C24H26N8/c1-4-16(14-25-5-2)17-12-19-22(29-30-23(19)27-15-17)21-13-18-20(28-21)6-7-26-24(18)32-10-8-31(3)9-11-32/h4-7,12-15,28H,2,8-11H2,1,3H3,(H,27,29,30)/b16-4+,25-14?. The third-order valence-corrected chi connectivity index (χ3v) is 5.97.